The van der Waals surface area contributed by atoms with Crippen molar-refractivity contribution < 1.29 is 17.9 Å². The van der Waals surface area contributed by atoms with Crippen molar-refractivity contribution in [3.8, 4) is 0 Å². The van der Waals surface area contributed by atoms with Gasteiger partial charge >= 0.3 is 5.97 Å². The minimum Gasteiger partial charge on any atom is -0.465 e. The van der Waals surface area contributed by atoms with Crippen LogP contribution in [0.5, 0.6) is 0 Å². The van der Waals surface area contributed by atoms with E-state index in [1.54, 1.807) is 0 Å². The second kappa shape index (κ2) is 8.86. The zero-order valence-electron chi connectivity index (χ0n) is 17.4. The summed E-state index contributed by atoms with van der Waals surface area (Å²) in [7, 11) is -2.71. The van der Waals surface area contributed by atoms with Gasteiger partial charge in [0.15, 0.2) is 0 Å². The highest BCUT2D eigenvalue weighted by Crippen LogP contribution is 2.32. The number of hydrogen-bond donors (Lipinski definition) is 3. The molecule has 4 rings (SSSR count). The third-order valence-electron chi connectivity index (χ3n) is 5.42. The number of fused-ring (bicyclic) bond motifs is 1. The molecule has 0 fully saturated rings. The number of H-pyrrole nitrogens is 1. The lowest BCUT2D eigenvalue weighted by molar-refractivity contribution is 0.0601. The number of primary sulfonamides is 1. The van der Waals surface area contributed by atoms with Crippen molar-refractivity contribution in [2.24, 2.45) is 5.14 Å². The van der Waals surface area contributed by atoms with Crippen molar-refractivity contribution in [2.45, 2.75) is 10.8 Å². The summed E-state index contributed by atoms with van der Waals surface area (Å²) in [5.74, 6) is -0.683. The summed E-state index contributed by atoms with van der Waals surface area (Å²) in [5, 5.41) is 9.65. The number of para-hydroxylation sites is 1. The largest absolute Gasteiger partial charge is 0.465 e. The number of aromatic nitrogens is 1. The molecule has 1 heterocycles. The van der Waals surface area contributed by atoms with E-state index in [2.05, 4.69) is 28.5 Å². The number of carbonyl (C=O) groups excluding carboxylic acids is 1. The summed E-state index contributed by atoms with van der Waals surface area (Å²) >= 11 is 0. The molecule has 7 nitrogen and oxygen atoms in total. The highest BCUT2D eigenvalue weighted by Gasteiger charge is 2.21. The van der Waals surface area contributed by atoms with Gasteiger partial charge in [0.2, 0.25) is 10.0 Å². The third-order valence-corrected chi connectivity index (χ3v) is 6.33. The molecule has 0 amide bonds. The molecule has 4 aromatic rings. The first kappa shape index (κ1) is 21.6. The van der Waals surface area contributed by atoms with Crippen LogP contribution in [0, 0.1) is 0 Å². The number of hydrogen-bond acceptors (Lipinski definition) is 5. The Labute approximate surface area is 186 Å². The molecule has 0 spiro atoms. The first-order chi connectivity index (χ1) is 15.4. The van der Waals surface area contributed by atoms with Gasteiger partial charge in [-0.1, -0.05) is 48.5 Å². The molecule has 1 unspecified atom stereocenters. The lowest BCUT2D eigenvalue weighted by Crippen LogP contribution is -2.18. The van der Waals surface area contributed by atoms with E-state index >= 15 is 0 Å². The number of carbonyl (C=O) groups is 1. The van der Waals surface area contributed by atoms with Gasteiger partial charge in [-0.3, -0.25) is 0 Å². The van der Waals surface area contributed by atoms with Gasteiger partial charge < -0.3 is 15.0 Å². The molecule has 0 aliphatic rings. The molecule has 4 N–H and O–H groups in total. The van der Waals surface area contributed by atoms with Crippen molar-refractivity contribution in [1.82, 2.24) is 4.98 Å². The molecular formula is C24H23N3O4S. The average Bonchev–Trinajstić information content (AvgIpc) is 3.23. The van der Waals surface area contributed by atoms with Gasteiger partial charge in [0.1, 0.15) is 0 Å². The summed E-state index contributed by atoms with van der Waals surface area (Å²) in [4.78, 5) is 15.5. The molecule has 1 atom stereocenters. The van der Waals surface area contributed by atoms with Crippen LogP contribution in [0.15, 0.2) is 83.9 Å². The summed E-state index contributed by atoms with van der Waals surface area (Å²) in [6.07, 6.45) is 2.00. The maximum atomic E-state index is 12.3. The fourth-order valence-corrected chi connectivity index (χ4v) is 4.36. The maximum Gasteiger partial charge on any atom is 0.340 e. The molecule has 0 aliphatic carbocycles. The third kappa shape index (κ3) is 4.37. The van der Waals surface area contributed by atoms with Crippen molar-refractivity contribution in [3.63, 3.8) is 0 Å². The zero-order chi connectivity index (χ0) is 22.7. The van der Waals surface area contributed by atoms with E-state index in [0.717, 1.165) is 22.0 Å². The molecule has 0 radical (unpaired) electrons. The van der Waals surface area contributed by atoms with Crippen LogP contribution in [0.3, 0.4) is 0 Å². The molecular weight excluding hydrogens is 426 g/mol. The smallest absolute Gasteiger partial charge is 0.340 e. The molecule has 0 saturated heterocycles. The van der Waals surface area contributed by atoms with E-state index in [1.807, 2.05) is 42.6 Å². The van der Waals surface area contributed by atoms with Gasteiger partial charge in [-0.15, -0.1) is 0 Å². The highest BCUT2D eigenvalue weighted by molar-refractivity contribution is 7.89. The number of ether oxygens (including phenoxy) is 1. The van der Waals surface area contributed by atoms with Crippen molar-refractivity contribution in [1.29, 1.82) is 0 Å². The van der Waals surface area contributed by atoms with Crippen LogP contribution in [0.1, 0.15) is 27.4 Å². The molecule has 0 saturated carbocycles. The summed E-state index contributed by atoms with van der Waals surface area (Å²) in [6, 6.07) is 22.2. The molecule has 32 heavy (non-hydrogen) atoms. The predicted molar refractivity (Wildman–Crippen MR) is 124 cm³/mol. The fraction of sp³-hybridized carbons (Fsp3) is 0.125. The fourth-order valence-electron chi connectivity index (χ4n) is 3.82. The number of nitrogens with two attached hydrogens (primary N) is 1. The van der Waals surface area contributed by atoms with Gasteiger partial charge in [-0.25, -0.2) is 18.4 Å². The molecule has 8 heteroatoms. The van der Waals surface area contributed by atoms with Gasteiger partial charge in [0.05, 0.1) is 17.6 Å². The van der Waals surface area contributed by atoms with E-state index in [0.29, 0.717) is 12.2 Å². The van der Waals surface area contributed by atoms with Crippen LogP contribution in [0.4, 0.5) is 5.69 Å². The second-order valence-corrected chi connectivity index (χ2v) is 8.94. The lowest BCUT2D eigenvalue weighted by atomic mass is 9.90. The lowest BCUT2D eigenvalue weighted by Gasteiger charge is -2.20. The standard InChI is InChI=1S/C24H23N3O4S/c1-31-24(28)19-13-17(32(25,29)30)11-12-23(19)26-14-20(16-7-3-2-4-8-16)21-15-27-22-10-6-5-9-18(21)22/h2-13,15,20,26-27H,14H2,1H3,(H2,25,29,30). The minimum absolute atomic E-state index is 0.0317. The number of aromatic amines is 1. The first-order valence-corrected chi connectivity index (χ1v) is 11.5. The zero-order valence-corrected chi connectivity index (χ0v) is 18.2. The first-order valence-electron chi connectivity index (χ1n) is 9.98. The molecule has 0 bridgehead atoms. The van der Waals surface area contributed by atoms with E-state index in [-0.39, 0.29) is 16.4 Å². The van der Waals surface area contributed by atoms with Crippen LogP contribution < -0.4 is 10.5 Å². The molecule has 0 aliphatic heterocycles. The molecule has 164 valence electrons. The van der Waals surface area contributed by atoms with Gasteiger partial charge in [0.25, 0.3) is 0 Å². The number of anilines is 1. The summed E-state index contributed by atoms with van der Waals surface area (Å²) in [5.41, 5.74) is 3.82. The van der Waals surface area contributed by atoms with E-state index in [1.165, 1.54) is 25.3 Å². The Morgan fingerprint density at radius 2 is 1.78 bits per heavy atom. The van der Waals surface area contributed by atoms with Crippen molar-refractivity contribution in [3.05, 3.63) is 95.7 Å². The molecule has 3 aromatic carbocycles. The number of esters is 1. The predicted octanol–water partition coefficient (Wildman–Crippen LogP) is 3.85. The maximum absolute atomic E-state index is 12.3. The molecule has 1 aromatic heterocycles. The Morgan fingerprint density at radius 1 is 1.06 bits per heavy atom. The number of rotatable bonds is 7. The van der Waals surface area contributed by atoms with Gasteiger partial charge in [-0.05, 0) is 35.4 Å². The van der Waals surface area contributed by atoms with Gasteiger partial charge in [-0.2, -0.15) is 0 Å². The van der Waals surface area contributed by atoms with E-state index in [9.17, 15) is 13.2 Å². The summed E-state index contributed by atoms with van der Waals surface area (Å²) in [6.45, 7) is 0.463. The monoisotopic (exact) mass is 449 g/mol. The Balaban J connectivity index is 1.72. The van der Waals surface area contributed by atoms with Crippen LogP contribution in [-0.4, -0.2) is 33.0 Å². The van der Waals surface area contributed by atoms with Gasteiger partial charge in [0, 0.05) is 35.2 Å². The number of sulfonamides is 1. The Bertz CT molecular complexity index is 1360. The normalized spacial score (nSPS) is 12.4. The van der Waals surface area contributed by atoms with Crippen LogP contribution in [0.25, 0.3) is 10.9 Å². The van der Waals surface area contributed by atoms with Crippen LogP contribution >= 0.6 is 0 Å². The van der Waals surface area contributed by atoms with Crippen molar-refractivity contribution in [2.75, 3.05) is 19.0 Å². The minimum atomic E-state index is -3.96. The Kier molecular flexibility index (Phi) is 5.98. The summed E-state index contributed by atoms with van der Waals surface area (Å²) < 4.78 is 28.3. The number of benzene rings is 3. The van der Waals surface area contributed by atoms with E-state index in [4.69, 9.17) is 9.88 Å². The van der Waals surface area contributed by atoms with Crippen molar-refractivity contribution >= 4 is 32.6 Å². The average molecular weight is 450 g/mol. The number of methoxy groups -OCH3 is 1. The number of nitrogens with one attached hydrogen (secondary N) is 2. The Hall–Kier alpha value is -3.62. The Morgan fingerprint density at radius 3 is 2.50 bits per heavy atom. The van der Waals surface area contributed by atoms with Crippen LogP contribution in [0.2, 0.25) is 0 Å². The quantitative estimate of drug-likeness (QED) is 0.371. The topological polar surface area (TPSA) is 114 Å². The van der Waals surface area contributed by atoms with E-state index < -0.39 is 16.0 Å². The second-order valence-electron chi connectivity index (χ2n) is 7.38. The van der Waals surface area contributed by atoms with Crippen LogP contribution in [-0.2, 0) is 14.8 Å². The SMILES string of the molecule is COC(=O)c1cc(S(N)(=O)=O)ccc1NCC(c1ccccc1)c1c[nH]c2ccccc12. The highest BCUT2D eigenvalue weighted by atomic mass is 32.2.